The highest BCUT2D eigenvalue weighted by Gasteiger charge is 2.16. The van der Waals surface area contributed by atoms with E-state index in [4.69, 9.17) is 28.8 Å². The molecule has 1 amide bonds. The number of nitrogens with one attached hydrogen (secondary N) is 1. The Morgan fingerprint density at radius 1 is 1.13 bits per heavy atom. The highest BCUT2D eigenvalue weighted by Crippen LogP contribution is 2.17. The van der Waals surface area contributed by atoms with Crippen LogP contribution < -0.4 is 22.5 Å². The molecule has 7 N–H and O–H groups in total. The van der Waals surface area contributed by atoms with Crippen molar-refractivity contribution in [1.29, 1.82) is 0 Å². The number of amides is 1. The minimum Gasteiger partial charge on any atom is -0.465 e. The largest absolute Gasteiger partial charge is 0.465 e. The lowest BCUT2D eigenvalue weighted by molar-refractivity contribution is 0.0600. The number of hydrogen-bond donors (Lipinski definition) is 4. The van der Waals surface area contributed by atoms with E-state index in [2.05, 4.69) is 25.0 Å². The number of aryl methyl sites for hydroxylation is 1. The summed E-state index contributed by atoms with van der Waals surface area (Å²) in [7, 11) is 1.35. The molecule has 1 aromatic heterocycles. The molecule has 0 saturated carbocycles. The van der Waals surface area contributed by atoms with Gasteiger partial charge in [-0.3, -0.25) is 15.1 Å². The van der Waals surface area contributed by atoms with Gasteiger partial charge in [-0.05, 0) is 37.0 Å². The Balaban J connectivity index is 0.00000450. The fourth-order valence-electron chi connectivity index (χ4n) is 2.39. The molecule has 0 aliphatic rings. The minimum atomic E-state index is -0.677. The third-order valence-electron chi connectivity index (χ3n) is 3.89. The molecule has 0 unspecified atom stereocenters. The number of guanidine groups is 1. The number of rotatable bonds is 7. The first kappa shape index (κ1) is 24.9. The van der Waals surface area contributed by atoms with Crippen LogP contribution in [0.5, 0.6) is 0 Å². The van der Waals surface area contributed by atoms with Crippen molar-refractivity contribution in [2.24, 2.45) is 10.7 Å². The van der Waals surface area contributed by atoms with Crippen LogP contribution in [0.2, 0.25) is 5.15 Å². The van der Waals surface area contributed by atoms with E-state index in [1.165, 1.54) is 7.11 Å². The number of unbranched alkanes of at least 4 members (excludes halogenated alkanes) is 1. The number of halogens is 2. The highest BCUT2D eigenvalue weighted by atomic mass is 35.5. The first-order valence-electron chi connectivity index (χ1n) is 8.68. The van der Waals surface area contributed by atoms with Crippen molar-refractivity contribution in [2.75, 3.05) is 25.1 Å². The van der Waals surface area contributed by atoms with E-state index in [0.717, 1.165) is 24.8 Å². The van der Waals surface area contributed by atoms with Crippen molar-refractivity contribution in [3.63, 3.8) is 0 Å². The maximum Gasteiger partial charge on any atom is 0.337 e. The smallest absolute Gasteiger partial charge is 0.337 e. The van der Waals surface area contributed by atoms with Crippen molar-refractivity contribution in [1.82, 2.24) is 15.3 Å². The van der Waals surface area contributed by atoms with Gasteiger partial charge in [0, 0.05) is 6.54 Å². The average Bonchev–Trinajstić information content (AvgIpc) is 2.70. The second-order valence-electron chi connectivity index (χ2n) is 6.00. The topological polar surface area (TPSA) is 172 Å². The number of hydrogen-bond acceptors (Lipinski definition) is 8. The lowest BCUT2D eigenvalue weighted by Gasteiger charge is -2.07. The number of nitrogens with zero attached hydrogens (tertiary/aromatic N) is 3. The number of ether oxygens (including phenoxy) is 1. The number of nitrogens with two attached hydrogens (primary N) is 3. The van der Waals surface area contributed by atoms with Crippen LogP contribution >= 0.6 is 24.0 Å². The van der Waals surface area contributed by atoms with E-state index >= 15 is 0 Å². The molecule has 30 heavy (non-hydrogen) atoms. The zero-order valence-electron chi connectivity index (χ0n) is 16.2. The fourth-order valence-corrected chi connectivity index (χ4v) is 2.52. The van der Waals surface area contributed by atoms with Crippen LogP contribution in [0, 0.1) is 0 Å². The molecule has 2 aromatic rings. The summed E-state index contributed by atoms with van der Waals surface area (Å²) in [5.74, 6) is -1.33. The van der Waals surface area contributed by atoms with Crippen LogP contribution in [0.4, 0.5) is 11.6 Å². The zero-order valence-corrected chi connectivity index (χ0v) is 17.8. The number of carbonyl (C=O) groups excluding carboxylic acids is 2. The Labute approximate surface area is 184 Å². The Kier molecular flexibility index (Phi) is 9.79. The van der Waals surface area contributed by atoms with Gasteiger partial charge in [0.1, 0.15) is 0 Å². The summed E-state index contributed by atoms with van der Waals surface area (Å²) in [5, 5.41) is 2.25. The minimum absolute atomic E-state index is 0. The quantitative estimate of drug-likeness (QED) is 0.210. The predicted octanol–water partition coefficient (Wildman–Crippen LogP) is 1.57. The summed E-state index contributed by atoms with van der Waals surface area (Å²) in [6, 6.07) is 7.22. The van der Waals surface area contributed by atoms with Crippen molar-refractivity contribution >= 4 is 53.5 Å². The van der Waals surface area contributed by atoms with Crippen LogP contribution in [0.1, 0.15) is 39.3 Å². The SMILES string of the molecule is COC(=O)c1ccc(CCCCN=C(N)NC(=O)c2nc(Cl)c(N)nc2N)cc1.Cl. The van der Waals surface area contributed by atoms with Crippen LogP contribution in [0.3, 0.4) is 0 Å². The average molecular weight is 456 g/mol. The lowest BCUT2D eigenvalue weighted by Crippen LogP contribution is -2.38. The number of aliphatic imine (C=N–C) groups is 1. The molecular formula is C18H23Cl2N7O3. The zero-order chi connectivity index (χ0) is 21.4. The monoisotopic (exact) mass is 455 g/mol. The number of methoxy groups -OCH3 is 1. The van der Waals surface area contributed by atoms with Crippen LogP contribution in [-0.4, -0.2) is 41.5 Å². The second kappa shape index (κ2) is 11.8. The van der Waals surface area contributed by atoms with Gasteiger partial charge in [-0.25, -0.2) is 14.8 Å². The van der Waals surface area contributed by atoms with E-state index in [1.807, 2.05) is 12.1 Å². The molecule has 0 bridgehead atoms. The fraction of sp³-hybridized carbons (Fsp3) is 0.278. The first-order valence-corrected chi connectivity index (χ1v) is 9.06. The second-order valence-corrected chi connectivity index (χ2v) is 6.36. The van der Waals surface area contributed by atoms with Crippen molar-refractivity contribution < 1.29 is 14.3 Å². The van der Waals surface area contributed by atoms with E-state index in [-0.39, 0.29) is 46.8 Å². The molecule has 0 atom stereocenters. The summed E-state index contributed by atoms with van der Waals surface area (Å²) in [6.07, 6.45) is 2.43. The van der Waals surface area contributed by atoms with E-state index in [9.17, 15) is 9.59 Å². The summed E-state index contributed by atoms with van der Waals surface area (Å²) in [4.78, 5) is 35.1. The van der Waals surface area contributed by atoms with Crippen LogP contribution in [-0.2, 0) is 11.2 Å². The first-order chi connectivity index (χ1) is 13.8. The number of benzene rings is 1. The molecule has 0 aliphatic carbocycles. The molecule has 12 heteroatoms. The van der Waals surface area contributed by atoms with Gasteiger partial charge in [0.25, 0.3) is 5.91 Å². The van der Waals surface area contributed by atoms with E-state index in [1.54, 1.807) is 12.1 Å². The molecule has 10 nitrogen and oxygen atoms in total. The number of nitrogen functional groups attached to an aromatic ring is 2. The van der Waals surface area contributed by atoms with Crippen LogP contribution in [0.15, 0.2) is 29.3 Å². The Hall–Kier alpha value is -3.11. The summed E-state index contributed by atoms with van der Waals surface area (Å²) in [5.41, 5.74) is 18.2. The lowest BCUT2D eigenvalue weighted by atomic mass is 10.1. The van der Waals surface area contributed by atoms with Crippen LogP contribution in [0.25, 0.3) is 0 Å². The van der Waals surface area contributed by atoms with Gasteiger partial charge < -0.3 is 21.9 Å². The number of anilines is 2. The molecule has 0 spiro atoms. The molecule has 162 valence electrons. The Morgan fingerprint density at radius 3 is 2.43 bits per heavy atom. The number of esters is 1. The molecule has 0 radical (unpaired) electrons. The normalized spacial score (nSPS) is 10.8. The van der Waals surface area contributed by atoms with Crippen molar-refractivity contribution in [3.05, 3.63) is 46.2 Å². The molecule has 1 heterocycles. The van der Waals surface area contributed by atoms with Gasteiger partial charge in [-0.2, -0.15) is 0 Å². The molecule has 0 saturated heterocycles. The molecule has 0 fully saturated rings. The van der Waals surface area contributed by atoms with E-state index < -0.39 is 5.91 Å². The summed E-state index contributed by atoms with van der Waals surface area (Å²) < 4.78 is 4.66. The molecule has 1 aromatic carbocycles. The van der Waals surface area contributed by atoms with Gasteiger partial charge in [0.2, 0.25) is 0 Å². The maximum atomic E-state index is 12.1. The molecule has 0 aliphatic heterocycles. The maximum absolute atomic E-state index is 12.1. The third kappa shape index (κ3) is 7.05. The van der Waals surface area contributed by atoms with Gasteiger partial charge in [-0.1, -0.05) is 23.7 Å². The molecule has 2 rings (SSSR count). The van der Waals surface area contributed by atoms with E-state index in [0.29, 0.717) is 12.1 Å². The highest BCUT2D eigenvalue weighted by molar-refractivity contribution is 6.31. The van der Waals surface area contributed by atoms with Crippen molar-refractivity contribution in [2.45, 2.75) is 19.3 Å². The van der Waals surface area contributed by atoms with Gasteiger partial charge >= 0.3 is 5.97 Å². The Morgan fingerprint density at radius 2 is 1.80 bits per heavy atom. The number of aromatic nitrogens is 2. The standard InChI is InChI=1S/C18H22ClN7O3.ClH/c1-29-17(28)11-7-5-10(6-8-11)4-2-3-9-23-18(22)26-16(27)12-14(20)25-15(21)13(19)24-12;/h5-8H,2-4,9H2,1H3,(H4,20,21,25)(H3,22,23,26,27);1H. The third-order valence-corrected chi connectivity index (χ3v) is 4.17. The summed E-state index contributed by atoms with van der Waals surface area (Å²) in [6.45, 7) is 0.427. The summed E-state index contributed by atoms with van der Waals surface area (Å²) >= 11 is 5.75. The number of carbonyl (C=O) groups is 2. The van der Waals surface area contributed by atoms with Gasteiger partial charge in [-0.15, -0.1) is 12.4 Å². The Bertz CT molecular complexity index is 921. The molecular weight excluding hydrogens is 433 g/mol. The van der Waals surface area contributed by atoms with Crippen molar-refractivity contribution in [3.8, 4) is 0 Å². The predicted molar refractivity (Wildman–Crippen MR) is 118 cm³/mol. The van der Waals surface area contributed by atoms with Gasteiger partial charge in [0.15, 0.2) is 28.4 Å². The van der Waals surface area contributed by atoms with Gasteiger partial charge in [0.05, 0.1) is 12.7 Å².